The van der Waals surface area contributed by atoms with Crippen LogP contribution in [0.25, 0.3) is 10.2 Å². The molecule has 2 aromatic carbocycles. The maximum absolute atomic E-state index is 13.0. The Bertz CT molecular complexity index is 1330. The zero-order valence-corrected chi connectivity index (χ0v) is 17.7. The Kier molecular flexibility index (Phi) is 5.27. The first-order valence-electron chi connectivity index (χ1n) is 9.05. The van der Waals surface area contributed by atoms with E-state index < -0.39 is 11.5 Å². The van der Waals surface area contributed by atoms with Gasteiger partial charge in [0.2, 0.25) is 5.95 Å². The number of halogens is 1. The van der Waals surface area contributed by atoms with Crippen molar-refractivity contribution >= 4 is 50.8 Å². The van der Waals surface area contributed by atoms with E-state index in [4.69, 9.17) is 11.6 Å². The van der Waals surface area contributed by atoms with Crippen molar-refractivity contribution in [1.82, 2.24) is 14.5 Å². The molecule has 0 saturated carbocycles. The van der Waals surface area contributed by atoms with Gasteiger partial charge in [-0.05, 0) is 49.7 Å². The number of aromatic nitrogens is 3. The van der Waals surface area contributed by atoms with Gasteiger partial charge in [0, 0.05) is 10.7 Å². The van der Waals surface area contributed by atoms with E-state index in [1.165, 1.54) is 11.5 Å². The van der Waals surface area contributed by atoms with Crippen molar-refractivity contribution < 1.29 is 9.90 Å². The topological polar surface area (TPSA) is 97.1 Å². The van der Waals surface area contributed by atoms with Crippen LogP contribution in [0.3, 0.4) is 0 Å². The van der Waals surface area contributed by atoms with Crippen LogP contribution in [0.1, 0.15) is 26.6 Å². The van der Waals surface area contributed by atoms with Gasteiger partial charge in [-0.15, -0.1) is 11.3 Å². The molecule has 4 aromatic rings. The van der Waals surface area contributed by atoms with Crippen LogP contribution in [0.5, 0.6) is 0 Å². The van der Waals surface area contributed by atoms with Crippen molar-refractivity contribution in [3.8, 4) is 0 Å². The SMILES string of the molecule is Cc1nc2ccc(Nc3nc(C)c(C(=O)O)c(=O)n3Cc3ccc(Cl)cc3)cc2s1. The highest BCUT2D eigenvalue weighted by molar-refractivity contribution is 7.18. The number of fused-ring (bicyclic) bond motifs is 1. The van der Waals surface area contributed by atoms with Crippen molar-refractivity contribution in [2.24, 2.45) is 0 Å². The minimum atomic E-state index is -1.30. The third-order valence-corrected chi connectivity index (χ3v) is 5.75. The first-order valence-corrected chi connectivity index (χ1v) is 10.2. The summed E-state index contributed by atoms with van der Waals surface area (Å²) >= 11 is 7.51. The number of nitrogens with one attached hydrogen (secondary N) is 1. The summed E-state index contributed by atoms with van der Waals surface area (Å²) in [5.41, 5.74) is 1.60. The van der Waals surface area contributed by atoms with E-state index in [-0.39, 0.29) is 23.8 Å². The number of rotatable bonds is 5. The minimum absolute atomic E-state index is 0.147. The molecule has 0 aliphatic heterocycles. The first kappa shape index (κ1) is 20.1. The van der Waals surface area contributed by atoms with Gasteiger partial charge < -0.3 is 10.4 Å². The summed E-state index contributed by atoms with van der Waals surface area (Å²) in [6.45, 7) is 3.60. The second-order valence-corrected chi connectivity index (χ2v) is 8.43. The van der Waals surface area contributed by atoms with Crippen LogP contribution < -0.4 is 10.9 Å². The number of benzene rings is 2. The lowest BCUT2D eigenvalue weighted by molar-refractivity contribution is 0.0693. The zero-order chi connectivity index (χ0) is 21.4. The van der Waals surface area contributed by atoms with Crippen molar-refractivity contribution in [2.45, 2.75) is 20.4 Å². The van der Waals surface area contributed by atoms with Gasteiger partial charge in [-0.1, -0.05) is 23.7 Å². The average Bonchev–Trinajstić information content (AvgIpc) is 3.05. The smallest absolute Gasteiger partial charge is 0.343 e. The predicted molar refractivity (Wildman–Crippen MR) is 118 cm³/mol. The standard InChI is InChI=1S/C21H17ClN4O3S/c1-11-18(20(28)29)19(27)26(10-13-3-5-14(22)6-4-13)21(23-11)25-15-7-8-16-17(9-15)30-12(2)24-16/h3-9H,10H2,1-2H3,(H,23,25)(H,28,29). The summed E-state index contributed by atoms with van der Waals surface area (Å²) in [6, 6.07) is 12.7. The van der Waals surface area contributed by atoms with E-state index in [9.17, 15) is 14.7 Å². The highest BCUT2D eigenvalue weighted by Gasteiger charge is 2.20. The molecule has 152 valence electrons. The number of anilines is 2. The fourth-order valence-corrected chi connectivity index (χ4v) is 4.16. The van der Waals surface area contributed by atoms with E-state index in [0.717, 1.165) is 26.5 Å². The average molecular weight is 441 g/mol. The van der Waals surface area contributed by atoms with Crippen LogP contribution in [0.2, 0.25) is 5.02 Å². The molecule has 0 atom stereocenters. The number of hydrogen-bond donors (Lipinski definition) is 2. The quantitative estimate of drug-likeness (QED) is 0.470. The van der Waals surface area contributed by atoms with Crippen molar-refractivity contribution in [2.75, 3.05) is 5.32 Å². The molecule has 0 amide bonds. The van der Waals surface area contributed by atoms with Crippen LogP contribution in [-0.2, 0) is 6.54 Å². The zero-order valence-electron chi connectivity index (χ0n) is 16.1. The number of nitrogens with zero attached hydrogens (tertiary/aromatic N) is 3. The molecular formula is C21H17ClN4O3S. The predicted octanol–water partition coefficient (Wildman–Crippen LogP) is 4.61. The van der Waals surface area contributed by atoms with Gasteiger partial charge >= 0.3 is 5.97 Å². The molecule has 7 nitrogen and oxygen atoms in total. The van der Waals surface area contributed by atoms with Gasteiger partial charge in [-0.2, -0.15) is 0 Å². The number of carboxylic acid groups (broad SMARTS) is 1. The number of aromatic carboxylic acids is 1. The molecule has 2 heterocycles. The number of carbonyl (C=O) groups is 1. The lowest BCUT2D eigenvalue weighted by atomic mass is 10.2. The molecule has 0 spiro atoms. The molecular weight excluding hydrogens is 424 g/mol. The summed E-state index contributed by atoms with van der Waals surface area (Å²) in [4.78, 5) is 33.4. The fraction of sp³-hybridized carbons (Fsp3) is 0.143. The molecule has 9 heteroatoms. The molecule has 0 saturated heterocycles. The van der Waals surface area contributed by atoms with E-state index in [1.807, 2.05) is 25.1 Å². The molecule has 4 rings (SSSR count). The largest absolute Gasteiger partial charge is 0.477 e. The second kappa shape index (κ2) is 7.89. The molecule has 0 aliphatic rings. The van der Waals surface area contributed by atoms with E-state index in [0.29, 0.717) is 5.02 Å². The van der Waals surface area contributed by atoms with Gasteiger partial charge in [0.15, 0.2) is 0 Å². The molecule has 0 unspecified atom stereocenters. The lowest BCUT2D eigenvalue weighted by Crippen LogP contribution is -2.31. The molecule has 0 bridgehead atoms. The van der Waals surface area contributed by atoms with E-state index >= 15 is 0 Å². The van der Waals surface area contributed by atoms with Crippen LogP contribution in [-0.4, -0.2) is 25.6 Å². The molecule has 2 aromatic heterocycles. The maximum atomic E-state index is 13.0. The summed E-state index contributed by atoms with van der Waals surface area (Å²) in [5.74, 6) is -1.04. The summed E-state index contributed by atoms with van der Waals surface area (Å²) < 4.78 is 2.32. The first-order chi connectivity index (χ1) is 14.3. The normalized spacial score (nSPS) is 11.0. The Hall–Kier alpha value is -3.23. The van der Waals surface area contributed by atoms with Crippen molar-refractivity contribution in [3.63, 3.8) is 0 Å². The lowest BCUT2D eigenvalue weighted by Gasteiger charge is -2.16. The van der Waals surface area contributed by atoms with Gasteiger partial charge in [0.05, 0.1) is 27.5 Å². The van der Waals surface area contributed by atoms with Gasteiger partial charge in [0.1, 0.15) is 5.56 Å². The Labute approximate surface area is 180 Å². The van der Waals surface area contributed by atoms with Gasteiger partial charge in [-0.25, -0.2) is 14.8 Å². The Morgan fingerprint density at radius 1 is 1.17 bits per heavy atom. The molecule has 0 aliphatic carbocycles. The van der Waals surface area contributed by atoms with Crippen molar-refractivity contribution in [1.29, 1.82) is 0 Å². The Balaban J connectivity index is 1.80. The maximum Gasteiger partial charge on any atom is 0.343 e. The van der Waals surface area contributed by atoms with Crippen LogP contribution >= 0.6 is 22.9 Å². The molecule has 0 fully saturated rings. The highest BCUT2D eigenvalue weighted by Crippen LogP contribution is 2.26. The number of carboxylic acids is 1. The summed E-state index contributed by atoms with van der Waals surface area (Å²) in [6.07, 6.45) is 0. The summed E-state index contributed by atoms with van der Waals surface area (Å²) in [7, 11) is 0. The Morgan fingerprint density at radius 3 is 2.60 bits per heavy atom. The van der Waals surface area contributed by atoms with E-state index in [2.05, 4.69) is 15.3 Å². The van der Waals surface area contributed by atoms with Crippen LogP contribution in [0.15, 0.2) is 47.3 Å². The third-order valence-electron chi connectivity index (χ3n) is 4.57. The number of thiazole rings is 1. The van der Waals surface area contributed by atoms with E-state index in [1.54, 1.807) is 35.6 Å². The monoisotopic (exact) mass is 440 g/mol. The van der Waals surface area contributed by atoms with Gasteiger partial charge in [-0.3, -0.25) is 9.36 Å². The van der Waals surface area contributed by atoms with Gasteiger partial charge in [0.25, 0.3) is 5.56 Å². The van der Waals surface area contributed by atoms with Crippen LogP contribution in [0, 0.1) is 13.8 Å². The Morgan fingerprint density at radius 2 is 1.90 bits per heavy atom. The second-order valence-electron chi connectivity index (χ2n) is 6.76. The minimum Gasteiger partial charge on any atom is -0.477 e. The molecule has 2 N–H and O–H groups in total. The van der Waals surface area contributed by atoms with Crippen LogP contribution in [0.4, 0.5) is 11.6 Å². The number of aryl methyl sites for hydroxylation is 2. The fourth-order valence-electron chi connectivity index (χ4n) is 3.17. The molecule has 0 radical (unpaired) electrons. The third kappa shape index (κ3) is 3.92. The number of hydrogen-bond acceptors (Lipinski definition) is 6. The highest BCUT2D eigenvalue weighted by atomic mass is 35.5. The molecule has 30 heavy (non-hydrogen) atoms. The van der Waals surface area contributed by atoms with Crippen molar-refractivity contribution in [3.05, 3.63) is 79.7 Å². The summed E-state index contributed by atoms with van der Waals surface area (Å²) in [5, 5.41) is 14.2.